The number of carbonyl (C=O) groups is 3. The largest absolute Gasteiger partial charge is 0.480 e. The van der Waals surface area contributed by atoms with Gasteiger partial charge in [-0.2, -0.15) is 0 Å². The van der Waals surface area contributed by atoms with Gasteiger partial charge in [0.2, 0.25) is 11.8 Å². The molecular weight excluding hydrogens is 316 g/mol. The number of unbranched alkanes of at least 4 members (excludes halogenated alkanes) is 1. The van der Waals surface area contributed by atoms with Gasteiger partial charge < -0.3 is 32.3 Å². The summed E-state index contributed by atoms with van der Waals surface area (Å²) < 4.78 is 0. The van der Waals surface area contributed by atoms with E-state index in [1.165, 1.54) is 0 Å². The van der Waals surface area contributed by atoms with E-state index >= 15 is 0 Å². The van der Waals surface area contributed by atoms with Crippen LogP contribution in [-0.4, -0.2) is 59.3 Å². The summed E-state index contributed by atoms with van der Waals surface area (Å²) in [4.78, 5) is 35.4. The highest BCUT2D eigenvalue weighted by molar-refractivity contribution is 5.91. The number of hydrogen-bond acceptors (Lipinski definition) is 6. The Kier molecular flexibility index (Phi) is 10.9. The zero-order valence-corrected chi connectivity index (χ0v) is 14.3. The molecule has 0 aromatic rings. The average Bonchev–Trinajstić information content (AvgIpc) is 2.51. The fourth-order valence-corrected chi connectivity index (χ4v) is 2.09. The molecule has 0 aromatic heterocycles. The highest BCUT2D eigenvalue weighted by Gasteiger charge is 2.27. The molecule has 0 saturated carbocycles. The third-order valence-electron chi connectivity index (χ3n) is 3.44. The molecule has 0 aromatic carbocycles. The van der Waals surface area contributed by atoms with E-state index < -0.39 is 42.5 Å². The van der Waals surface area contributed by atoms with Gasteiger partial charge in [-0.25, -0.2) is 4.79 Å². The van der Waals surface area contributed by atoms with E-state index in [-0.39, 0.29) is 12.3 Å². The second-order valence-corrected chi connectivity index (χ2v) is 6.16. The molecule has 0 bridgehead atoms. The Labute approximate surface area is 142 Å². The lowest BCUT2D eigenvalue weighted by Crippen LogP contribution is -2.55. The van der Waals surface area contributed by atoms with Crippen LogP contribution in [0.3, 0.4) is 0 Å². The number of aliphatic hydroxyl groups excluding tert-OH is 1. The molecule has 0 aliphatic rings. The standard InChI is InChI=1S/C15H30N4O5/c1-9(2)7-12(15(23)24)19-14(22)11(5-3-4-6-16)18-13(21)10(17)8-20/h9-12,20H,3-8,16-17H2,1-2H3,(H,18,21)(H,19,22)(H,23,24). The van der Waals surface area contributed by atoms with Gasteiger partial charge in [0.15, 0.2) is 0 Å². The van der Waals surface area contributed by atoms with Crippen molar-refractivity contribution in [3.8, 4) is 0 Å². The van der Waals surface area contributed by atoms with Gasteiger partial charge in [0.05, 0.1) is 6.61 Å². The number of nitrogens with one attached hydrogen (secondary N) is 2. The Morgan fingerprint density at radius 1 is 1.04 bits per heavy atom. The first kappa shape index (κ1) is 22.3. The lowest BCUT2D eigenvalue weighted by atomic mass is 10.0. The maximum absolute atomic E-state index is 12.4. The van der Waals surface area contributed by atoms with Crippen molar-refractivity contribution in [3.63, 3.8) is 0 Å². The Morgan fingerprint density at radius 3 is 2.08 bits per heavy atom. The minimum atomic E-state index is -1.14. The van der Waals surface area contributed by atoms with Crippen LogP contribution in [0, 0.1) is 5.92 Å². The molecule has 9 heteroatoms. The van der Waals surface area contributed by atoms with Crippen molar-refractivity contribution in [3.05, 3.63) is 0 Å². The molecule has 0 radical (unpaired) electrons. The molecule has 24 heavy (non-hydrogen) atoms. The van der Waals surface area contributed by atoms with Gasteiger partial charge in [-0.3, -0.25) is 9.59 Å². The van der Waals surface area contributed by atoms with Crippen LogP contribution in [0.15, 0.2) is 0 Å². The van der Waals surface area contributed by atoms with Gasteiger partial charge in [-0.15, -0.1) is 0 Å². The first-order valence-electron chi connectivity index (χ1n) is 8.12. The van der Waals surface area contributed by atoms with Gasteiger partial charge in [0, 0.05) is 0 Å². The van der Waals surface area contributed by atoms with Crippen LogP contribution < -0.4 is 22.1 Å². The molecule has 3 unspecified atom stereocenters. The molecular formula is C15H30N4O5. The normalized spacial score (nSPS) is 14.8. The third kappa shape index (κ3) is 8.80. The van der Waals surface area contributed by atoms with Gasteiger partial charge in [0.25, 0.3) is 0 Å². The quantitative estimate of drug-likeness (QED) is 0.235. The van der Waals surface area contributed by atoms with E-state index in [0.29, 0.717) is 25.8 Å². The van der Waals surface area contributed by atoms with Gasteiger partial charge in [0.1, 0.15) is 18.1 Å². The molecule has 3 atom stereocenters. The van der Waals surface area contributed by atoms with Crippen molar-refractivity contribution >= 4 is 17.8 Å². The van der Waals surface area contributed by atoms with E-state index in [1.54, 1.807) is 0 Å². The third-order valence-corrected chi connectivity index (χ3v) is 3.44. The minimum Gasteiger partial charge on any atom is -0.480 e. The minimum absolute atomic E-state index is 0.0829. The summed E-state index contributed by atoms with van der Waals surface area (Å²) in [6.07, 6.45) is 1.84. The first-order valence-corrected chi connectivity index (χ1v) is 8.12. The summed E-state index contributed by atoms with van der Waals surface area (Å²) in [5.74, 6) is -2.30. The number of aliphatic carboxylic acids is 1. The first-order chi connectivity index (χ1) is 11.2. The summed E-state index contributed by atoms with van der Waals surface area (Å²) in [5.41, 5.74) is 10.8. The van der Waals surface area contributed by atoms with Crippen molar-refractivity contribution in [2.45, 2.75) is 57.7 Å². The van der Waals surface area contributed by atoms with Crippen LogP contribution in [0.1, 0.15) is 39.5 Å². The van der Waals surface area contributed by atoms with Crippen LogP contribution in [0.25, 0.3) is 0 Å². The number of carboxylic acid groups (broad SMARTS) is 1. The molecule has 0 aliphatic carbocycles. The highest BCUT2D eigenvalue weighted by atomic mass is 16.4. The van der Waals surface area contributed by atoms with Crippen molar-refractivity contribution in [1.29, 1.82) is 0 Å². The molecule has 0 fully saturated rings. The van der Waals surface area contributed by atoms with E-state index in [2.05, 4.69) is 10.6 Å². The smallest absolute Gasteiger partial charge is 0.326 e. The monoisotopic (exact) mass is 346 g/mol. The lowest BCUT2D eigenvalue weighted by molar-refractivity contribution is -0.142. The number of hydrogen-bond donors (Lipinski definition) is 6. The Bertz CT molecular complexity index is 417. The van der Waals surface area contributed by atoms with Crippen molar-refractivity contribution in [1.82, 2.24) is 10.6 Å². The summed E-state index contributed by atoms with van der Waals surface area (Å²) in [5, 5.41) is 23.0. The molecule has 2 amide bonds. The molecule has 140 valence electrons. The topological polar surface area (TPSA) is 168 Å². The molecule has 8 N–H and O–H groups in total. The van der Waals surface area contributed by atoms with Crippen LogP contribution in [-0.2, 0) is 14.4 Å². The highest BCUT2D eigenvalue weighted by Crippen LogP contribution is 2.07. The fourth-order valence-electron chi connectivity index (χ4n) is 2.09. The van der Waals surface area contributed by atoms with Gasteiger partial charge in [-0.1, -0.05) is 13.8 Å². The number of nitrogens with two attached hydrogens (primary N) is 2. The summed E-state index contributed by atoms with van der Waals surface area (Å²) >= 11 is 0. The van der Waals surface area contributed by atoms with Crippen LogP contribution in [0.5, 0.6) is 0 Å². The summed E-state index contributed by atoms with van der Waals surface area (Å²) in [6, 6.07) is -3.09. The zero-order valence-electron chi connectivity index (χ0n) is 14.3. The van der Waals surface area contributed by atoms with E-state index in [9.17, 15) is 19.5 Å². The average molecular weight is 346 g/mol. The van der Waals surface area contributed by atoms with E-state index in [4.69, 9.17) is 16.6 Å². The maximum Gasteiger partial charge on any atom is 0.326 e. The molecule has 0 heterocycles. The van der Waals surface area contributed by atoms with Crippen LogP contribution >= 0.6 is 0 Å². The molecule has 0 saturated heterocycles. The van der Waals surface area contributed by atoms with Crippen LogP contribution in [0.2, 0.25) is 0 Å². The predicted octanol–water partition coefficient (Wildman–Crippen LogP) is -1.46. The molecule has 0 rings (SSSR count). The number of carboxylic acids is 1. The fraction of sp³-hybridized carbons (Fsp3) is 0.800. The van der Waals surface area contributed by atoms with Crippen molar-refractivity contribution < 1.29 is 24.6 Å². The molecule has 0 aliphatic heterocycles. The van der Waals surface area contributed by atoms with Crippen molar-refractivity contribution in [2.24, 2.45) is 17.4 Å². The number of amides is 2. The van der Waals surface area contributed by atoms with E-state index in [1.807, 2.05) is 13.8 Å². The molecule has 0 spiro atoms. The summed E-state index contributed by atoms with van der Waals surface area (Å²) in [7, 11) is 0. The van der Waals surface area contributed by atoms with Crippen molar-refractivity contribution in [2.75, 3.05) is 13.2 Å². The Morgan fingerprint density at radius 2 is 1.62 bits per heavy atom. The second-order valence-electron chi connectivity index (χ2n) is 6.16. The lowest BCUT2D eigenvalue weighted by Gasteiger charge is -2.23. The SMILES string of the molecule is CC(C)CC(NC(=O)C(CCCCN)NC(=O)C(N)CO)C(=O)O. The Hall–Kier alpha value is -1.71. The number of carbonyl (C=O) groups excluding carboxylic acids is 2. The second kappa shape index (κ2) is 11.8. The summed E-state index contributed by atoms with van der Waals surface area (Å²) in [6.45, 7) is 3.60. The van der Waals surface area contributed by atoms with Gasteiger partial charge in [-0.05, 0) is 38.1 Å². The number of rotatable bonds is 12. The van der Waals surface area contributed by atoms with E-state index in [0.717, 1.165) is 0 Å². The number of aliphatic hydroxyl groups is 1. The Balaban J connectivity index is 4.92. The van der Waals surface area contributed by atoms with Crippen LogP contribution in [0.4, 0.5) is 0 Å². The predicted molar refractivity (Wildman–Crippen MR) is 88.9 cm³/mol. The van der Waals surface area contributed by atoms with Gasteiger partial charge >= 0.3 is 5.97 Å². The maximum atomic E-state index is 12.4. The molecule has 9 nitrogen and oxygen atoms in total. The zero-order chi connectivity index (χ0) is 18.7.